The lowest BCUT2D eigenvalue weighted by Gasteiger charge is -2.19. The molecule has 1 saturated heterocycles. The second-order valence-corrected chi connectivity index (χ2v) is 5.12. The van der Waals surface area contributed by atoms with Crippen molar-refractivity contribution in [1.29, 1.82) is 0 Å². The fourth-order valence-corrected chi connectivity index (χ4v) is 2.43. The molecule has 6 heteroatoms. The number of rotatable bonds is 2. The number of nitrogens with zero attached hydrogens (tertiary/aromatic N) is 3. The van der Waals surface area contributed by atoms with E-state index in [1.807, 2.05) is 19.0 Å². The molecule has 0 aliphatic carbocycles. The van der Waals surface area contributed by atoms with Gasteiger partial charge < -0.3 is 15.5 Å². The van der Waals surface area contributed by atoms with E-state index in [0.29, 0.717) is 16.9 Å². The lowest BCUT2D eigenvalue weighted by molar-refractivity contribution is 0.0778. The molecule has 0 radical (unpaired) electrons. The summed E-state index contributed by atoms with van der Waals surface area (Å²) in [4.78, 5) is 20.0. The van der Waals surface area contributed by atoms with Crippen LogP contribution in [0.5, 0.6) is 0 Å². The van der Waals surface area contributed by atoms with Crippen molar-refractivity contribution < 1.29 is 4.79 Å². The molecule has 1 amide bonds. The standard InChI is InChI=1S/C10H16N4OS/c1-13(2)7-3-4-14(5-7)9(15)8-6-16-10(11)12-8/h6-7H,3-5H2,1-2H3,(H2,11,12). The Balaban J connectivity index is 2.02. The van der Waals surface area contributed by atoms with Gasteiger partial charge in [-0.05, 0) is 20.5 Å². The topological polar surface area (TPSA) is 62.5 Å². The molecule has 1 fully saturated rings. The first-order valence-corrected chi connectivity index (χ1v) is 6.12. The lowest BCUT2D eigenvalue weighted by atomic mass is 10.2. The first-order chi connectivity index (χ1) is 7.58. The van der Waals surface area contributed by atoms with E-state index < -0.39 is 0 Å². The van der Waals surface area contributed by atoms with E-state index in [9.17, 15) is 4.79 Å². The highest BCUT2D eigenvalue weighted by atomic mass is 32.1. The number of likely N-dealkylation sites (tertiary alicyclic amines) is 1. The third kappa shape index (κ3) is 2.17. The predicted molar refractivity (Wildman–Crippen MR) is 64.5 cm³/mol. The minimum absolute atomic E-state index is 0.00250. The van der Waals surface area contributed by atoms with Crippen LogP contribution >= 0.6 is 11.3 Å². The Morgan fingerprint density at radius 2 is 2.44 bits per heavy atom. The second-order valence-electron chi connectivity index (χ2n) is 4.23. The third-order valence-electron chi connectivity index (χ3n) is 2.92. The molecule has 88 valence electrons. The zero-order chi connectivity index (χ0) is 11.7. The monoisotopic (exact) mass is 240 g/mol. The minimum atomic E-state index is -0.00250. The van der Waals surface area contributed by atoms with Gasteiger partial charge in [-0.3, -0.25) is 4.79 Å². The van der Waals surface area contributed by atoms with Gasteiger partial charge in [-0.25, -0.2) is 4.98 Å². The van der Waals surface area contributed by atoms with E-state index in [1.165, 1.54) is 11.3 Å². The number of nitrogen functional groups attached to an aromatic ring is 1. The number of carbonyl (C=O) groups is 1. The van der Waals surface area contributed by atoms with Crippen LogP contribution in [0.1, 0.15) is 16.9 Å². The van der Waals surface area contributed by atoms with Crippen LogP contribution in [-0.4, -0.2) is 53.9 Å². The number of likely N-dealkylation sites (N-methyl/N-ethyl adjacent to an activating group) is 1. The molecule has 1 aliphatic rings. The smallest absolute Gasteiger partial charge is 0.273 e. The molecule has 1 unspecified atom stereocenters. The number of nitrogens with two attached hydrogens (primary N) is 1. The Labute approximate surface area is 98.9 Å². The summed E-state index contributed by atoms with van der Waals surface area (Å²) in [5, 5.41) is 2.17. The maximum Gasteiger partial charge on any atom is 0.273 e. The van der Waals surface area contributed by atoms with Gasteiger partial charge in [0, 0.05) is 24.5 Å². The first-order valence-electron chi connectivity index (χ1n) is 5.24. The first kappa shape index (κ1) is 11.3. The average Bonchev–Trinajstić information content (AvgIpc) is 2.84. The molecular formula is C10H16N4OS. The Morgan fingerprint density at radius 1 is 1.69 bits per heavy atom. The van der Waals surface area contributed by atoms with Crippen molar-refractivity contribution in [2.45, 2.75) is 12.5 Å². The number of carbonyl (C=O) groups excluding carboxylic acids is 1. The second kappa shape index (κ2) is 4.39. The van der Waals surface area contributed by atoms with Crippen molar-refractivity contribution in [2.24, 2.45) is 0 Å². The molecule has 1 aromatic heterocycles. The van der Waals surface area contributed by atoms with Crippen molar-refractivity contribution in [1.82, 2.24) is 14.8 Å². The van der Waals surface area contributed by atoms with Crippen LogP contribution in [-0.2, 0) is 0 Å². The molecule has 1 aliphatic heterocycles. The normalized spacial score (nSPS) is 20.7. The summed E-state index contributed by atoms with van der Waals surface area (Å²) in [6.07, 6.45) is 1.03. The summed E-state index contributed by atoms with van der Waals surface area (Å²) in [6.45, 7) is 1.59. The Morgan fingerprint density at radius 3 is 2.94 bits per heavy atom. The number of anilines is 1. The van der Waals surface area contributed by atoms with Crippen LogP contribution in [0.15, 0.2) is 5.38 Å². The summed E-state index contributed by atoms with van der Waals surface area (Å²) in [5.41, 5.74) is 5.99. The van der Waals surface area contributed by atoms with Crippen LogP contribution in [0.25, 0.3) is 0 Å². The molecular weight excluding hydrogens is 224 g/mol. The van der Waals surface area contributed by atoms with E-state index in [4.69, 9.17) is 5.73 Å². The molecule has 2 N–H and O–H groups in total. The maximum atomic E-state index is 12.0. The summed E-state index contributed by atoms with van der Waals surface area (Å²) in [6, 6.07) is 0.458. The summed E-state index contributed by atoms with van der Waals surface area (Å²) in [5.74, 6) is -0.00250. The Kier molecular flexibility index (Phi) is 3.11. The Hall–Kier alpha value is -1.14. The van der Waals surface area contributed by atoms with Crippen molar-refractivity contribution in [2.75, 3.05) is 32.9 Å². The van der Waals surface area contributed by atoms with Gasteiger partial charge in [0.2, 0.25) is 0 Å². The molecule has 0 bridgehead atoms. The molecule has 16 heavy (non-hydrogen) atoms. The van der Waals surface area contributed by atoms with Gasteiger partial charge in [0.1, 0.15) is 5.69 Å². The highest BCUT2D eigenvalue weighted by Gasteiger charge is 2.28. The summed E-state index contributed by atoms with van der Waals surface area (Å²) >= 11 is 1.31. The van der Waals surface area contributed by atoms with E-state index in [-0.39, 0.29) is 5.91 Å². The fourth-order valence-electron chi connectivity index (χ4n) is 1.90. The number of hydrogen-bond acceptors (Lipinski definition) is 5. The highest BCUT2D eigenvalue weighted by Crippen LogP contribution is 2.18. The number of aromatic nitrogens is 1. The number of amides is 1. The van der Waals surface area contributed by atoms with E-state index in [1.54, 1.807) is 5.38 Å². The van der Waals surface area contributed by atoms with Crippen molar-refractivity contribution in [3.8, 4) is 0 Å². The molecule has 0 saturated carbocycles. The molecule has 1 atom stereocenters. The highest BCUT2D eigenvalue weighted by molar-refractivity contribution is 7.13. The predicted octanol–water partition coefficient (Wildman–Crippen LogP) is 0.501. The van der Waals surface area contributed by atoms with Crippen LogP contribution < -0.4 is 5.73 Å². The third-order valence-corrected chi connectivity index (χ3v) is 3.60. The number of thiazole rings is 1. The zero-order valence-electron chi connectivity index (χ0n) is 9.51. The summed E-state index contributed by atoms with van der Waals surface area (Å²) in [7, 11) is 4.08. The molecule has 1 aromatic rings. The molecule has 2 rings (SSSR count). The van der Waals surface area contributed by atoms with Crippen molar-refractivity contribution in [3.63, 3.8) is 0 Å². The largest absolute Gasteiger partial charge is 0.375 e. The molecule has 2 heterocycles. The van der Waals surface area contributed by atoms with Crippen LogP contribution in [0.2, 0.25) is 0 Å². The van der Waals surface area contributed by atoms with Gasteiger partial charge in [0.05, 0.1) is 0 Å². The van der Waals surface area contributed by atoms with Gasteiger partial charge >= 0.3 is 0 Å². The molecule has 0 aromatic carbocycles. The van der Waals surface area contributed by atoms with E-state index in [2.05, 4.69) is 9.88 Å². The zero-order valence-corrected chi connectivity index (χ0v) is 10.3. The van der Waals surface area contributed by atoms with Crippen LogP contribution in [0.4, 0.5) is 5.13 Å². The lowest BCUT2D eigenvalue weighted by Crippen LogP contribution is -2.34. The number of hydrogen-bond donors (Lipinski definition) is 1. The fraction of sp³-hybridized carbons (Fsp3) is 0.600. The van der Waals surface area contributed by atoms with Crippen molar-refractivity contribution in [3.05, 3.63) is 11.1 Å². The minimum Gasteiger partial charge on any atom is -0.375 e. The van der Waals surface area contributed by atoms with Gasteiger partial charge in [-0.2, -0.15) is 0 Å². The van der Waals surface area contributed by atoms with E-state index in [0.717, 1.165) is 19.5 Å². The van der Waals surface area contributed by atoms with Crippen molar-refractivity contribution >= 4 is 22.4 Å². The maximum absolute atomic E-state index is 12.0. The van der Waals surface area contributed by atoms with Gasteiger partial charge in [-0.15, -0.1) is 11.3 Å². The van der Waals surface area contributed by atoms with Gasteiger partial charge in [0.15, 0.2) is 5.13 Å². The average molecular weight is 240 g/mol. The molecule has 5 nitrogen and oxygen atoms in total. The van der Waals surface area contributed by atoms with Gasteiger partial charge in [0.25, 0.3) is 5.91 Å². The van der Waals surface area contributed by atoms with Crippen LogP contribution in [0.3, 0.4) is 0 Å². The Bertz CT molecular complexity index is 390. The molecule has 0 spiro atoms. The van der Waals surface area contributed by atoms with E-state index >= 15 is 0 Å². The SMILES string of the molecule is CN(C)C1CCN(C(=O)c2csc(N)n2)C1. The van der Waals surface area contributed by atoms with Crippen LogP contribution in [0, 0.1) is 0 Å². The summed E-state index contributed by atoms with van der Waals surface area (Å²) < 4.78 is 0. The quantitative estimate of drug-likeness (QED) is 0.817. The van der Waals surface area contributed by atoms with Gasteiger partial charge in [-0.1, -0.05) is 0 Å².